The molecule has 2 saturated heterocycles. The van der Waals surface area contributed by atoms with Crippen LogP contribution in [0.2, 0.25) is 0 Å². The number of epoxide rings is 1. The fraction of sp³-hybridized carbons (Fsp3) is 0.500. The Balaban J connectivity index is 1.78. The number of fused-ring (bicyclic) bond motifs is 2. The number of imidazole rings is 1. The number of nitrogens with two attached hydrogens (primary N) is 1. The van der Waals surface area contributed by atoms with Crippen molar-refractivity contribution < 1.29 is 14.6 Å². The summed E-state index contributed by atoms with van der Waals surface area (Å²) in [6.07, 6.45) is 2.33. The second-order valence-corrected chi connectivity index (χ2v) is 4.40. The van der Waals surface area contributed by atoms with E-state index in [1.165, 1.54) is 6.33 Å². The molecule has 0 saturated carbocycles. The number of ether oxygens (including phenoxy) is 2. The molecule has 2 aliphatic heterocycles. The minimum absolute atomic E-state index is 0.0309. The zero-order chi connectivity index (χ0) is 12.3. The van der Waals surface area contributed by atoms with Crippen LogP contribution in [0.25, 0.3) is 11.2 Å². The van der Waals surface area contributed by atoms with Gasteiger partial charge in [-0.3, -0.25) is 4.57 Å². The highest BCUT2D eigenvalue weighted by atomic mass is 16.7. The van der Waals surface area contributed by atoms with Crippen LogP contribution in [0, 0.1) is 0 Å². The van der Waals surface area contributed by atoms with E-state index in [1.807, 2.05) is 0 Å². The Bertz CT molecular complexity index is 615. The summed E-state index contributed by atoms with van der Waals surface area (Å²) in [5.41, 5.74) is 6.89. The third kappa shape index (κ3) is 1.22. The van der Waals surface area contributed by atoms with Gasteiger partial charge < -0.3 is 20.3 Å². The topological polar surface area (TPSA) is 112 Å². The average Bonchev–Trinajstić information content (AvgIpc) is 2.91. The lowest BCUT2D eigenvalue weighted by molar-refractivity contribution is -0.0823. The van der Waals surface area contributed by atoms with Gasteiger partial charge in [-0.2, -0.15) is 0 Å². The molecule has 0 bridgehead atoms. The molecule has 2 aliphatic rings. The van der Waals surface area contributed by atoms with Gasteiger partial charge in [0, 0.05) is 0 Å². The maximum Gasteiger partial charge on any atom is 0.167 e. The lowest BCUT2D eigenvalue weighted by Crippen LogP contribution is -2.22. The molecule has 0 radical (unpaired) electrons. The molecule has 0 unspecified atom stereocenters. The first-order valence-corrected chi connectivity index (χ1v) is 5.64. The highest BCUT2D eigenvalue weighted by Crippen LogP contribution is 2.45. The quantitative estimate of drug-likeness (QED) is 0.661. The number of rotatable bonds is 2. The van der Waals surface area contributed by atoms with Crippen molar-refractivity contribution >= 4 is 17.0 Å². The van der Waals surface area contributed by atoms with Crippen molar-refractivity contribution in [2.75, 3.05) is 12.3 Å². The molecule has 4 heterocycles. The van der Waals surface area contributed by atoms with Crippen molar-refractivity contribution in [1.29, 1.82) is 0 Å². The van der Waals surface area contributed by atoms with Gasteiger partial charge in [-0.15, -0.1) is 0 Å². The first-order chi connectivity index (χ1) is 8.79. The summed E-state index contributed by atoms with van der Waals surface area (Å²) in [5, 5.41) is 9.16. The van der Waals surface area contributed by atoms with Gasteiger partial charge in [0.2, 0.25) is 0 Å². The predicted octanol–water partition coefficient (Wildman–Crippen LogP) is -0.934. The fourth-order valence-corrected chi connectivity index (χ4v) is 2.43. The summed E-state index contributed by atoms with van der Waals surface area (Å²) in [6.45, 7) is -0.0541. The lowest BCUT2D eigenvalue weighted by atomic mass is 10.2. The van der Waals surface area contributed by atoms with Crippen molar-refractivity contribution in [3.8, 4) is 0 Å². The highest BCUT2D eigenvalue weighted by Gasteiger charge is 2.58. The number of anilines is 1. The van der Waals surface area contributed by atoms with E-state index < -0.39 is 0 Å². The predicted molar refractivity (Wildman–Crippen MR) is 59.4 cm³/mol. The Hall–Kier alpha value is -1.77. The van der Waals surface area contributed by atoms with Crippen LogP contribution in [0.15, 0.2) is 12.7 Å². The Morgan fingerprint density at radius 1 is 1.28 bits per heavy atom. The lowest BCUT2D eigenvalue weighted by Gasteiger charge is -2.17. The standard InChI is InChI=1S/C10H11N5O3/c11-8-5-9(13-2-12-8)15(3-14-5)10-7-6(18-7)4(1-16)17-10/h2-4,6-7,10,16H,1H2,(H2,11,12,13)/t4-,6-,7-,10-/m0/s1. The van der Waals surface area contributed by atoms with Crippen LogP contribution in [-0.2, 0) is 9.47 Å². The minimum Gasteiger partial charge on any atom is -0.394 e. The monoisotopic (exact) mass is 249 g/mol. The molecule has 94 valence electrons. The van der Waals surface area contributed by atoms with Gasteiger partial charge in [-0.05, 0) is 0 Å². The number of aromatic nitrogens is 4. The summed E-state index contributed by atoms with van der Waals surface area (Å²) in [4.78, 5) is 12.2. The van der Waals surface area contributed by atoms with Gasteiger partial charge >= 0.3 is 0 Å². The van der Waals surface area contributed by atoms with Gasteiger partial charge in [-0.25, -0.2) is 15.0 Å². The molecule has 2 fully saturated rings. The molecule has 4 atom stereocenters. The van der Waals surface area contributed by atoms with E-state index in [4.69, 9.17) is 20.3 Å². The molecule has 8 heteroatoms. The van der Waals surface area contributed by atoms with E-state index in [1.54, 1.807) is 10.9 Å². The zero-order valence-corrected chi connectivity index (χ0v) is 9.30. The maximum absolute atomic E-state index is 9.16. The summed E-state index contributed by atoms with van der Waals surface area (Å²) in [6, 6.07) is 0. The van der Waals surface area contributed by atoms with Crippen LogP contribution < -0.4 is 5.73 Å². The third-order valence-electron chi connectivity index (χ3n) is 3.36. The first-order valence-electron chi connectivity index (χ1n) is 5.64. The number of aliphatic hydroxyl groups excluding tert-OH is 1. The van der Waals surface area contributed by atoms with Gasteiger partial charge in [0.05, 0.1) is 12.9 Å². The number of hydrogen-bond donors (Lipinski definition) is 2. The van der Waals surface area contributed by atoms with E-state index >= 15 is 0 Å². The number of nitrogens with zero attached hydrogens (tertiary/aromatic N) is 4. The van der Waals surface area contributed by atoms with Crippen molar-refractivity contribution in [1.82, 2.24) is 19.5 Å². The summed E-state index contributed by atoms with van der Waals surface area (Å²) >= 11 is 0. The molecule has 0 amide bonds. The van der Waals surface area contributed by atoms with Gasteiger partial charge in [0.25, 0.3) is 0 Å². The molecule has 0 spiro atoms. The Morgan fingerprint density at radius 3 is 2.94 bits per heavy atom. The molecule has 0 aromatic carbocycles. The van der Waals surface area contributed by atoms with E-state index in [2.05, 4.69) is 15.0 Å². The molecule has 3 N–H and O–H groups in total. The Morgan fingerprint density at radius 2 is 2.17 bits per heavy atom. The number of hydrogen-bond acceptors (Lipinski definition) is 7. The number of nitrogen functional groups attached to an aromatic ring is 1. The van der Waals surface area contributed by atoms with Gasteiger partial charge in [-0.1, -0.05) is 0 Å². The Kier molecular flexibility index (Phi) is 1.91. The van der Waals surface area contributed by atoms with Crippen LogP contribution in [0.4, 0.5) is 5.82 Å². The van der Waals surface area contributed by atoms with Crippen molar-refractivity contribution in [3.63, 3.8) is 0 Å². The zero-order valence-electron chi connectivity index (χ0n) is 9.30. The fourth-order valence-electron chi connectivity index (χ4n) is 2.43. The summed E-state index contributed by atoms with van der Waals surface area (Å²) in [7, 11) is 0. The molecule has 4 rings (SSSR count). The normalized spacial score (nSPS) is 33.8. The second-order valence-electron chi connectivity index (χ2n) is 4.40. The van der Waals surface area contributed by atoms with Crippen molar-refractivity contribution in [3.05, 3.63) is 12.7 Å². The van der Waals surface area contributed by atoms with E-state index in [-0.39, 0.29) is 31.1 Å². The maximum atomic E-state index is 9.16. The smallest absolute Gasteiger partial charge is 0.167 e. The van der Waals surface area contributed by atoms with Crippen LogP contribution >= 0.6 is 0 Å². The minimum atomic E-state index is -0.313. The molecule has 2 aromatic rings. The van der Waals surface area contributed by atoms with Gasteiger partial charge in [0.1, 0.15) is 30.2 Å². The average molecular weight is 249 g/mol. The van der Waals surface area contributed by atoms with Crippen molar-refractivity contribution in [2.24, 2.45) is 0 Å². The van der Waals surface area contributed by atoms with Crippen molar-refractivity contribution in [2.45, 2.75) is 24.5 Å². The Labute approximate surface area is 101 Å². The van der Waals surface area contributed by atoms with Crippen LogP contribution in [0.1, 0.15) is 6.23 Å². The SMILES string of the molecule is Nc1ncnc2c1ncn2[C@H]1O[C@@H](CO)[C@@H]2O[C@@H]21. The molecule has 18 heavy (non-hydrogen) atoms. The highest BCUT2D eigenvalue weighted by molar-refractivity contribution is 5.81. The van der Waals surface area contributed by atoms with Crippen LogP contribution in [-0.4, -0.2) is 49.5 Å². The molecular weight excluding hydrogens is 238 g/mol. The molecule has 0 aliphatic carbocycles. The summed E-state index contributed by atoms with van der Waals surface area (Å²) in [5.74, 6) is 0.337. The molecular formula is C10H11N5O3. The second kappa shape index (κ2) is 3.37. The largest absolute Gasteiger partial charge is 0.394 e. The van der Waals surface area contributed by atoms with Crippen LogP contribution in [0.5, 0.6) is 0 Å². The molecule has 8 nitrogen and oxygen atoms in total. The van der Waals surface area contributed by atoms with E-state index in [0.717, 1.165) is 0 Å². The summed E-state index contributed by atoms with van der Waals surface area (Å²) < 4.78 is 12.9. The third-order valence-corrected chi connectivity index (χ3v) is 3.36. The van der Waals surface area contributed by atoms with Gasteiger partial charge in [0.15, 0.2) is 17.7 Å². The first kappa shape index (κ1) is 10.2. The number of aliphatic hydroxyl groups is 1. The molecule has 2 aromatic heterocycles. The van der Waals surface area contributed by atoms with E-state index in [0.29, 0.717) is 17.0 Å². The van der Waals surface area contributed by atoms with Crippen LogP contribution in [0.3, 0.4) is 0 Å². The van der Waals surface area contributed by atoms with E-state index in [9.17, 15) is 0 Å².